The van der Waals surface area contributed by atoms with Gasteiger partial charge in [-0.15, -0.1) is 0 Å². The van der Waals surface area contributed by atoms with Crippen molar-refractivity contribution in [1.29, 1.82) is 0 Å². The number of hydrogen-bond donors (Lipinski definition) is 0. The van der Waals surface area contributed by atoms with Crippen LogP contribution in [0.15, 0.2) is 12.4 Å². The average molecular weight is 245 g/mol. The second-order valence-corrected chi connectivity index (χ2v) is 4.18. The van der Waals surface area contributed by atoms with E-state index in [9.17, 15) is 9.59 Å². The van der Waals surface area contributed by atoms with Crippen molar-refractivity contribution in [3.05, 3.63) is 29.2 Å². The van der Waals surface area contributed by atoms with Gasteiger partial charge < -0.3 is 4.74 Å². The second kappa shape index (κ2) is 3.90. The predicted octanol–water partition coefficient (Wildman–Crippen LogP) is 1.03. The van der Waals surface area contributed by atoms with Crippen molar-refractivity contribution >= 4 is 17.4 Å². The number of carbonyl (C=O) groups excluding carboxylic acids is 2. The molecule has 0 saturated carbocycles. The standard InChI is InChI=1S/C12H11N3O3/c1-18-12(17)8-6-14-15-9-3-2-4-10(16)7(9)5-13-11(8)15/h5-6H,2-4H2,1H3. The number of ketones is 1. The summed E-state index contributed by atoms with van der Waals surface area (Å²) >= 11 is 0. The van der Waals surface area contributed by atoms with Gasteiger partial charge in [-0.1, -0.05) is 0 Å². The Morgan fingerprint density at radius 2 is 2.22 bits per heavy atom. The zero-order valence-electron chi connectivity index (χ0n) is 9.84. The van der Waals surface area contributed by atoms with Crippen LogP contribution in [-0.2, 0) is 11.2 Å². The van der Waals surface area contributed by atoms with E-state index in [0.29, 0.717) is 23.2 Å². The zero-order valence-corrected chi connectivity index (χ0v) is 9.84. The largest absolute Gasteiger partial charge is 0.465 e. The molecule has 1 aliphatic carbocycles. The fraction of sp³-hybridized carbons (Fsp3) is 0.333. The molecule has 92 valence electrons. The summed E-state index contributed by atoms with van der Waals surface area (Å²) in [5.41, 5.74) is 2.19. The lowest BCUT2D eigenvalue weighted by Crippen LogP contribution is -2.16. The fourth-order valence-corrected chi connectivity index (χ4v) is 2.26. The molecule has 0 atom stereocenters. The molecule has 2 aromatic rings. The molecule has 1 aliphatic rings. The molecule has 0 spiro atoms. The van der Waals surface area contributed by atoms with Crippen molar-refractivity contribution in [3.63, 3.8) is 0 Å². The molecule has 6 heteroatoms. The number of aromatic nitrogens is 3. The molecule has 0 bridgehead atoms. The highest BCUT2D eigenvalue weighted by atomic mass is 16.5. The molecule has 0 N–H and O–H groups in total. The Morgan fingerprint density at radius 3 is 3.00 bits per heavy atom. The first-order valence-corrected chi connectivity index (χ1v) is 5.69. The van der Waals surface area contributed by atoms with Crippen LogP contribution >= 0.6 is 0 Å². The van der Waals surface area contributed by atoms with Crippen LogP contribution in [0.3, 0.4) is 0 Å². The lowest BCUT2D eigenvalue weighted by molar-refractivity contribution is 0.0602. The normalized spacial score (nSPS) is 14.6. The first-order valence-electron chi connectivity index (χ1n) is 5.69. The molecule has 0 aromatic carbocycles. The topological polar surface area (TPSA) is 73.6 Å². The molecular formula is C12H11N3O3. The van der Waals surface area contributed by atoms with Gasteiger partial charge in [-0.2, -0.15) is 5.10 Å². The van der Waals surface area contributed by atoms with Gasteiger partial charge in [-0.25, -0.2) is 14.3 Å². The third-order valence-corrected chi connectivity index (χ3v) is 3.15. The van der Waals surface area contributed by atoms with Crippen LogP contribution in [0.4, 0.5) is 0 Å². The van der Waals surface area contributed by atoms with Crippen LogP contribution in [0.25, 0.3) is 5.65 Å². The highest BCUT2D eigenvalue weighted by Crippen LogP contribution is 2.22. The molecule has 2 aromatic heterocycles. The zero-order chi connectivity index (χ0) is 12.7. The number of esters is 1. The smallest absolute Gasteiger partial charge is 0.343 e. The minimum Gasteiger partial charge on any atom is -0.465 e. The van der Waals surface area contributed by atoms with E-state index in [1.54, 1.807) is 4.52 Å². The van der Waals surface area contributed by atoms with E-state index < -0.39 is 5.97 Å². The Labute approximate surface area is 103 Å². The molecular weight excluding hydrogens is 234 g/mol. The number of carbonyl (C=O) groups is 2. The SMILES string of the molecule is COC(=O)c1cnn2c3c(cnc12)C(=O)CCC3. The maximum absolute atomic E-state index is 11.8. The molecule has 2 heterocycles. The number of fused-ring (bicyclic) bond motifs is 3. The maximum Gasteiger partial charge on any atom is 0.343 e. The van der Waals surface area contributed by atoms with E-state index in [1.165, 1.54) is 19.5 Å². The van der Waals surface area contributed by atoms with E-state index in [2.05, 4.69) is 14.8 Å². The van der Waals surface area contributed by atoms with Gasteiger partial charge in [0.1, 0.15) is 5.56 Å². The van der Waals surface area contributed by atoms with Crippen molar-refractivity contribution in [1.82, 2.24) is 14.6 Å². The van der Waals surface area contributed by atoms with Gasteiger partial charge in [0.2, 0.25) is 0 Å². The molecule has 0 amide bonds. The minimum atomic E-state index is -0.473. The summed E-state index contributed by atoms with van der Waals surface area (Å²) in [5.74, 6) is -0.389. The molecule has 0 fully saturated rings. The molecule has 3 rings (SSSR count). The second-order valence-electron chi connectivity index (χ2n) is 4.18. The Bertz CT molecular complexity index is 660. The summed E-state index contributed by atoms with van der Waals surface area (Å²) in [6.45, 7) is 0. The van der Waals surface area contributed by atoms with Crippen molar-refractivity contribution in [2.24, 2.45) is 0 Å². The van der Waals surface area contributed by atoms with Crippen LogP contribution in [0, 0.1) is 0 Å². The monoisotopic (exact) mass is 245 g/mol. The van der Waals surface area contributed by atoms with E-state index in [-0.39, 0.29) is 5.78 Å². The van der Waals surface area contributed by atoms with E-state index >= 15 is 0 Å². The van der Waals surface area contributed by atoms with Crippen LogP contribution in [0.2, 0.25) is 0 Å². The van der Waals surface area contributed by atoms with Gasteiger partial charge in [0.15, 0.2) is 11.4 Å². The Balaban J connectivity index is 2.25. The van der Waals surface area contributed by atoms with E-state index in [0.717, 1.165) is 18.5 Å². The van der Waals surface area contributed by atoms with Crippen LogP contribution in [-0.4, -0.2) is 33.5 Å². The number of nitrogens with zero attached hydrogens (tertiary/aromatic N) is 3. The third-order valence-electron chi connectivity index (χ3n) is 3.15. The summed E-state index contributed by atoms with van der Waals surface area (Å²) < 4.78 is 6.24. The fourth-order valence-electron chi connectivity index (χ4n) is 2.26. The average Bonchev–Trinajstić information content (AvgIpc) is 2.82. The van der Waals surface area contributed by atoms with Gasteiger partial charge in [-0.05, 0) is 12.8 Å². The summed E-state index contributed by atoms with van der Waals surface area (Å²) in [6, 6.07) is 0. The number of ether oxygens (including phenoxy) is 1. The molecule has 0 saturated heterocycles. The highest BCUT2D eigenvalue weighted by molar-refractivity contribution is 5.99. The maximum atomic E-state index is 11.8. The molecule has 0 aliphatic heterocycles. The Hall–Kier alpha value is -2.24. The van der Waals surface area contributed by atoms with Gasteiger partial charge in [0.05, 0.1) is 24.6 Å². The van der Waals surface area contributed by atoms with Gasteiger partial charge >= 0.3 is 5.97 Å². The van der Waals surface area contributed by atoms with Gasteiger partial charge in [0, 0.05) is 12.6 Å². The number of methoxy groups -OCH3 is 1. The number of hydrogen-bond acceptors (Lipinski definition) is 5. The van der Waals surface area contributed by atoms with Crippen LogP contribution in [0.5, 0.6) is 0 Å². The first kappa shape index (κ1) is 10.9. The molecule has 6 nitrogen and oxygen atoms in total. The summed E-state index contributed by atoms with van der Waals surface area (Å²) in [4.78, 5) is 27.4. The van der Waals surface area contributed by atoms with Crippen molar-refractivity contribution in [2.45, 2.75) is 19.3 Å². The van der Waals surface area contributed by atoms with E-state index in [4.69, 9.17) is 0 Å². The minimum absolute atomic E-state index is 0.0840. The summed E-state index contributed by atoms with van der Waals surface area (Å²) in [6.07, 6.45) is 5.07. The van der Waals surface area contributed by atoms with Crippen molar-refractivity contribution in [3.8, 4) is 0 Å². The highest BCUT2D eigenvalue weighted by Gasteiger charge is 2.23. The van der Waals surface area contributed by atoms with E-state index in [1.807, 2.05) is 0 Å². The van der Waals surface area contributed by atoms with Crippen LogP contribution < -0.4 is 0 Å². The number of aryl methyl sites for hydroxylation is 1. The van der Waals surface area contributed by atoms with Gasteiger partial charge in [0.25, 0.3) is 0 Å². The van der Waals surface area contributed by atoms with Crippen molar-refractivity contribution in [2.75, 3.05) is 7.11 Å². The number of Topliss-reactive ketones (excluding diaryl/α,β-unsaturated/α-hetero) is 1. The first-order chi connectivity index (χ1) is 8.72. The third kappa shape index (κ3) is 1.42. The lowest BCUT2D eigenvalue weighted by atomic mass is 9.96. The Morgan fingerprint density at radius 1 is 1.39 bits per heavy atom. The summed E-state index contributed by atoms with van der Waals surface area (Å²) in [5, 5.41) is 4.14. The Kier molecular flexibility index (Phi) is 2.36. The molecule has 18 heavy (non-hydrogen) atoms. The van der Waals surface area contributed by atoms with Crippen molar-refractivity contribution < 1.29 is 14.3 Å². The van der Waals surface area contributed by atoms with Crippen LogP contribution in [0.1, 0.15) is 39.3 Å². The predicted molar refractivity (Wildman–Crippen MR) is 61.6 cm³/mol. The molecule has 0 unspecified atom stereocenters. The summed E-state index contributed by atoms with van der Waals surface area (Å²) in [7, 11) is 1.31. The number of rotatable bonds is 1. The molecule has 0 radical (unpaired) electrons. The van der Waals surface area contributed by atoms with Gasteiger partial charge in [-0.3, -0.25) is 4.79 Å². The lowest BCUT2D eigenvalue weighted by Gasteiger charge is -2.14. The quantitative estimate of drug-likeness (QED) is 0.702.